The van der Waals surface area contributed by atoms with Gasteiger partial charge in [-0.05, 0) is 35.6 Å². The van der Waals surface area contributed by atoms with E-state index in [1.54, 1.807) is 17.2 Å². The van der Waals surface area contributed by atoms with E-state index in [4.69, 9.17) is 4.52 Å². The molecule has 202 valence electrons. The van der Waals surface area contributed by atoms with E-state index in [2.05, 4.69) is 41.4 Å². The predicted octanol–water partition coefficient (Wildman–Crippen LogP) is 3.22. The number of aliphatic hydroxyl groups is 1. The Balaban J connectivity index is 1.16. The maximum absolute atomic E-state index is 13.1. The molecule has 3 aromatic rings. The van der Waals surface area contributed by atoms with Crippen LogP contribution in [0.5, 0.6) is 0 Å². The minimum Gasteiger partial charge on any atom is -0.385 e. The Bertz CT molecular complexity index is 1430. The fourth-order valence-corrected chi connectivity index (χ4v) is 6.33. The summed E-state index contributed by atoms with van der Waals surface area (Å²) >= 11 is 0. The molecule has 0 saturated carbocycles. The number of carbonyl (C=O) groups excluding carboxylic acids is 3. The number of piperidine rings is 2. The number of imide groups is 1. The molecule has 9 nitrogen and oxygen atoms in total. The van der Waals surface area contributed by atoms with Gasteiger partial charge in [-0.3, -0.25) is 24.6 Å². The van der Waals surface area contributed by atoms with Gasteiger partial charge in [-0.15, -0.1) is 0 Å². The molecule has 2 fully saturated rings. The van der Waals surface area contributed by atoms with E-state index in [1.165, 1.54) is 5.56 Å². The van der Waals surface area contributed by atoms with Crippen molar-refractivity contribution in [1.29, 1.82) is 0 Å². The Labute approximate surface area is 226 Å². The predicted molar refractivity (Wildman–Crippen MR) is 142 cm³/mol. The zero-order chi connectivity index (χ0) is 27.4. The van der Waals surface area contributed by atoms with Gasteiger partial charge in [0.25, 0.3) is 5.91 Å². The van der Waals surface area contributed by atoms with Crippen LogP contribution >= 0.6 is 0 Å². The van der Waals surface area contributed by atoms with E-state index in [1.807, 2.05) is 30.3 Å². The molecule has 2 unspecified atom stereocenters. The van der Waals surface area contributed by atoms with Crippen LogP contribution in [0.2, 0.25) is 0 Å². The second-order valence-corrected chi connectivity index (χ2v) is 11.6. The second kappa shape index (κ2) is 9.43. The van der Waals surface area contributed by atoms with Crippen LogP contribution in [0.4, 0.5) is 0 Å². The summed E-state index contributed by atoms with van der Waals surface area (Å²) in [6, 6.07) is 15.0. The van der Waals surface area contributed by atoms with Crippen molar-refractivity contribution >= 4 is 17.7 Å². The number of hydrogen-bond donors (Lipinski definition) is 2. The van der Waals surface area contributed by atoms with Crippen molar-refractivity contribution in [1.82, 2.24) is 20.3 Å². The highest BCUT2D eigenvalue weighted by atomic mass is 16.5. The molecule has 0 radical (unpaired) electrons. The van der Waals surface area contributed by atoms with Crippen LogP contribution < -0.4 is 5.32 Å². The molecule has 2 saturated heterocycles. The number of aromatic nitrogens is 1. The molecule has 2 aromatic carbocycles. The fraction of sp³-hybridized carbons (Fsp3) is 0.400. The number of amides is 3. The number of benzene rings is 2. The second-order valence-electron chi connectivity index (χ2n) is 11.6. The van der Waals surface area contributed by atoms with Gasteiger partial charge in [0, 0.05) is 55.2 Å². The number of rotatable bonds is 5. The number of carbonyl (C=O) groups is 3. The van der Waals surface area contributed by atoms with Crippen LogP contribution in [0, 0.1) is 5.41 Å². The molecule has 0 aliphatic carbocycles. The molecule has 6 rings (SSSR count). The normalized spacial score (nSPS) is 25.1. The van der Waals surface area contributed by atoms with E-state index in [-0.39, 0.29) is 18.2 Å². The van der Waals surface area contributed by atoms with E-state index in [0.717, 1.165) is 35.5 Å². The van der Waals surface area contributed by atoms with Gasteiger partial charge in [0.15, 0.2) is 0 Å². The fourth-order valence-electron chi connectivity index (χ4n) is 6.33. The van der Waals surface area contributed by atoms with Gasteiger partial charge in [0.2, 0.25) is 11.8 Å². The lowest BCUT2D eigenvalue weighted by Crippen LogP contribution is -2.55. The van der Waals surface area contributed by atoms with Crippen molar-refractivity contribution in [2.45, 2.75) is 57.8 Å². The van der Waals surface area contributed by atoms with Gasteiger partial charge in [-0.25, -0.2) is 0 Å². The van der Waals surface area contributed by atoms with Gasteiger partial charge in [0.1, 0.15) is 18.0 Å². The zero-order valence-electron chi connectivity index (χ0n) is 22.1. The molecule has 9 heteroatoms. The lowest BCUT2D eigenvalue weighted by Gasteiger charge is -2.50. The largest absolute Gasteiger partial charge is 0.385 e. The third-order valence-corrected chi connectivity index (χ3v) is 8.62. The highest BCUT2D eigenvalue weighted by Crippen LogP contribution is 2.47. The lowest BCUT2D eigenvalue weighted by atomic mass is 9.66. The minimum atomic E-state index is -1.07. The molecule has 3 aliphatic heterocycles. The summed E-state index contributed by atoms with van der Waals surface area (Å²) in [6.07, 6.45) is 2.67. The van der Waals surface area contributed by atoms with Gasteiger partial charge < -0.3 is 14.5 Å². The third kappa shape index (κ3) is 4.45. The van der Waals surface area contributed by atoms with Crippen LogP contribution in [-0.4, -0.2) is 56.9 Å². The average molecular weight is 529 g/mol. The highest BCUT2D eigenvalue weighted by molar-refractivity contribution is 6.05. The van der Waals surface area contributed by atoms with Crippen LogP contribution in [0.1, 0.15) is 60.2 Å². The Kier molecular flexibility index (Phi) is 6.15. The summed E-state index contributed by atoms with van der Waals surface area (Å²) in [7, 11) is 0. The molecule has 1 aromatic heterocycles. The first-order chi connectivity index (χ1) is 18.6. The molecule has 4 heterocycles. The number of fused-ring (bicyclic) bond motifs is 1. The Morgan fingerprint density at radius 3 is 2.59 bits per heavy atom. The summed E-state index contributed by atoms with van der Waals surface area (Å²) in [5.41, 5.74) is 3.63. The topological polar surface area (TPSA) is 116 Å². The van der Waals surface area contributed by atoms with Crippen molar-refractivity contribution in [2.24, 2.45) is 5.41 Å². The summed E-state index contributed by atoms with van der Waals surface area (Å²) in [4.78, 5) is 41.0. The smallest absolute Gasteiger partial charge is 0.255 e. The highest BCUT2D eigenvalue weighted by Gasteiger charge is 2.49. The van der Waals surface area contributed by atoms with Gasteiger partial charge in [0.05, 0.1) is 5.60 Å². The molecule has 0 bridgehead atoms. The summed E-state index contributed by atoms with van der Waals surface area (Å²) in [5.74, 6) is -0.934. The molecule has 3 aliphatic rings. The van der Waals surface area contributed by atoms with E-state index >= 15 is 0 Å². The SMILES string of the molecule is CC1(C)CN(Cc2ccc(-c3ccon3)cc2)CCC1(O)c1ccc2c(c1)CN(C1CCC(=O)NC1=O)C2=O. The van der Waals surface area contributed by atoms with Crippen molar-refractivity contribution in [3.05, 3.63) is 77.0 Å². The third-order valence-electron chi connectivity index (χ3n) is 8.62. The van der Waals surface area contributed by atoms with E-state index < -0.39 is 23.0 Å². The average Bonchev–Trinajstić information content (AvgIpc) is 3.55. The lowest BCUT2D eigenvalue weighted by molar-refractivity contribution is -0.136. The summed E-state index contributed by atoms with van der Waals surface area (Å²) in [5, 5.41) is 18.4. The van der Waals surface area contributed by atoms with Crippen molar-refractivity contribution < 1.29 is 24.0 Å². The number of nitrogens with zero attached hydrogens (tertiary/aromatic N) is 3. The van der Waals surface area contributed by atoms with E-state index in [0.29, 0.717) is 31.5 Å². The maximum Gasteiger partial charge on any atom is 0.255 e. The first-order valence-electron chi connectivity index (χ1n) is 13.4. The molecule has 39 heavy (non-hydrogen) atoms. The molecule has 0 spiro atoms. The monoisotopic (exact) mass is 528 g/mol. The summed E-state index contributed by atoms with van der Waals surface area (Å²) in [6.45, 7) is 6.66. The van der Waals surface area contributed by atoms with Gasteiger partial charge in [-0.2, -0.15) is 0 Å². The minimum absolute atomic E-state index is 0.207. The Hall–Kier alpha value is -3.82. The molecular weight excluding hydrogens is 496 g/mol. The first-order valence-corrected chi connectivity index (χ1v) is 13.4. The van der Waals surface area contributed by atoms with E-state index in [9.17, 15) is 19.5 Å². The van der Waals surface area contributed by atoms with Crippen LogP contribution in [0.15, 0.2) is 59.3 Å². The number of nitrogens with one attached hydrogen (secondary N) is 1. The zero-order valence-corrected chi connectivity index (χ0v) is 22.1. The van der Waals surface area contributed by atoms with Crippen LogP contribution in [-0.2, 0) is 28.3 Å². The van der Waals surface area contributed by atoms with Crippen molar-refractivity contribution in [2.75, 3.05) is 13.1 Å². The summed E-state index contributed by atoms with van der Waals surface area (Å²) < 4.78 is 4.94. The molecule has 2 N–H and O–H groups in total. The maximum atomic E-state index is 13.1. The van der Waals surface area contributed by atoms with Gasteiger partial charge in [-0.1, -0.05) is 55.4 Å². The number of likely N-dealkylation sites (tertiary alicyclic amines) is 1. The first kappa shape index (κ1) is 25.5. The number of hydrogen-bond acceptors (Lipinski definition) is 7. The molecule has 3 amide bonds. The van der Waals surface area contributed by atoms with Crippen LogP contribution in [0.25, 0.3) is 11.3 Å². The quantitative estimate of drug-likeness (QED) is 0.489. The van der Waals surface area contributed by atoms with Crippen LogP contribution in [0.3, 0.4) is 0 Å². The molecule has 2 atom stereocenters. The Morgan fingerprint density at radius 2 is 1.90 bits per heavy atom. The standard InChI is InChI=1S/C30H32N4O5/c1-29(2)18-33(16-19-3-5-20(6-4-19)24-11-14-39-32-24)13-12-30(29,38)22-7-8-23-21(15-22)17-34(28(23)37)25-9-10-26(35)31-27(25)36/h3-8,11,14-15,25,38H,9-10,12-13,16-18H2,1-2H3,(H,31,35,36). The Morgan fingerprint density at radius 1 is 1.10 bits per heavy atom. The van der Waals surface area contributed by atoms with Crippen molar-refractivity contribution in [3.8, 4) is 11.3 Å². The molecular formula is C30H32N4O5. The van der Waals surface area contributed by atoms with Crippen molar-refractivity contribution in [3.63, 3.8) is 0 Å². The van der Waals surface area contributed by atoms with Gasteiger partial charge >= 0.3 is 0 Å².